The summed E-state index contributed by atoms with van der Waals surface area (Å²) in [5.74, 6) is 9.45. The number of benzene rings is 1. The molecule has 0 radical (unpaired) electrons. The third-order valence-electron chi connectivity index (χ3n) is 7.21. The highest BCUT2D eigenvalue weighted by Crippen LogP contribution is 2.33. The molecule has 1 aromatic carbocycles. The fourth-order valence-electron chi connectivity index (χ4n) is 5.29. The number of allylic oxidation sites excluding steroid dienone is 2. The van der Waals surface area contributed by atoms with Gasteiger partial charge in [0.25, 0.3) is 0 Å². The van der Waals surface area contributed by atoms with Crippen molar-refractivity contribution in [1.29, 1.82) is 0 Å². The van der Waals surface area contributed by atoms with E-state index in [1.807, 2.05) is 30.3 Å². The third-order valence-corrected chi connectivity index (χ3v) is 7.21. The van der Waals surface area contributed by atoms with Crippen LogP contribution in [0.4, 0.5) is 0 Å². The highest BCUT2D eigenvalue weighted by Gasteiger charge is 2.27. The first-order valence-electron chi connectivity index (χ1n) is 12.7. The van der Waals surface area contributed by atoms with E-state index in [1.54, 1.807) is 0 Å². The minimum atomic E-state index is -0.0645. The lowest BCUT2D eigenvalue weighted by molar-refractivity contribution is -0.140. The molecule has 0 aromatic heterocycles. The van der Waals surface area contributed by atoms with Crippen molar-refractivity contribution in [3.63, 3.8) is 0 Å². The van der Waals surface area contributed by atoms with Gasteiger partial charge in [-0.3, -0.25) is 4.79 Å². The Morgan fingerprint density at radius 3 is 2.06 bits per heavy atom. The molecule has 0 N–H and O–H groups in total. The Balaban J connectivity index is 1.41. The molecule has 0 amide bonds. The molecule has 0 aliphatic heterocycles. The lowest BCUT2D eigenvalue weighted by atomic mass is 9.80. The third kappa shape index (κ3) is 7.88. The Bertz CT molecular complexity index is 748. The monoisotopic (exact) mass is 420 g/mol. The maximum Gasteiger partial charge on any atom is 0.314 e. The van der Waals surface area contributed by atoms with Gasteiger partial charge in [-0.1, -0.05) is 57.4 Å². The summed E-state index contributed by atoms with van der Waals surface area (Å²) in [6, 6.07) is 7.61. The van der Waals surface area contributed by atoms with Crippen LogP contribution in [0.5, 0.6) is 5.75 Å². The first kappa shape index (κ1) is 23.6. The molecule has 31 heavy (non-hydrogen) atoms. The first-order valence-corrected chi connectivity index (χ1v) is 12.7. The van der Waals surface area contributed by atoms with Crippen molar-refractivity contribution in [2.75, 3.05) is 0 Å². The van der Waals surface area contributed by atoms with E-state index in [9.17, 15) is 4.79 Å². The van der Waals surface area contributed by atoms with Gasteiger partial charge in [-0.2, -0.15) is 0 Å². The van der Waals surface area contributed by atoms with Gasteiger partial charge in [0.05, 0.1) is 5.92 Å². The summed E-state index contributed by atoms with van der Waals surface area (Å²) in [5.41, 5.74) is 0.955. The Hall–Kier alpha value is -2.01. The number of hydrogen-bond donors (Lipinski definition) is 0. The molecule has 0 unspecified atom stereocenters. The Labute approximate surface area is 189 Å². The van der Waals surface area contributed by atoms with Crippen molar-refractivity contribution in [2.45, 2.75) is 90.9 Å². The van der Waals surface area contributed by atoms with Gasteiger partial charge in [-0.05, 0) is 99.5 Å². The molecule has 0 heterocycles. The predicted molar refractivity (Wildman–Crippen MR) is 129 cm³/mol. The van der Waals surface area contributed by atoms with Gasteiger partial charge < -0.3 is 4.74 Å². The topological polar surface area (TPSA) is 26.3 Å². The van der Waals surface area contributed by atoms with Crippen LogP contribution in [0.15, 0.2) is 36.4 Å². The second-order valence-corrected chi connectivity index (χ2v) is 9.65. The van der Waals surface area contributed by atoms with E-state index < -0.39 is 0 Å². The molecule has 0 saturated heterocycles. The molecule has 2 aliphatic rings. The van der Waals surface area contributed by atoms with Gasteiger partial charge in [0.1, 0.15) is 5.75 Å². The second-order valence-electron chi connectivity index (χ2n) is 9.65. The van der Waals surface area contributed by atoms with E-state index in [-0.39, 0.29) is 11.9 Å². The van der Waals surface area contributed by atoms with Crippen molar-refractivity contribution in [3.8, 4) is 17.6 Å². The summed E-state index contributed by atoms with van der Waals surface area (Å²) in [6.45, 7) is 4.53. The summed E-state index contributed by atoms with van der Waals surface area (Å²) < 4.78 is 5.63. The fraction of sp³-hybridized carbons (Fsp3) is 0.621. The zero-order chi connectivity index (χ0) is 21.9. The Morgan fingerprint density at radius 2 is 1.48 bits per heavy atom. The molecule has 2 saturated carbocycles. The predicted octanol–water partition coefficient (Wildman–Crippen LogP) is 7.71. The van der Waals surface area contributed by atoms with E-state index in [2.05, 4.69) is 31.8 Å². The van der Waals surface area contributed by atoms with Crippen LogP contribution >= 0.6 is 0 Å². The van der Waals surface area contributed by atoms with Crippen molar-refractivity contribution in [2.24, 2.45) is 23.7 Å². The minimum Gasteiger partial charge on any atom is -0.426 e. The highest BCUT2D eigenvalue weighted by molar-refractivity contribution is 5.75. The normalized spacial score (nSPS) is 26.3. The smallest absolute Gasteiger partial charge is 0.314 e. The molecule has 2 heteroatoms. The number of esters is 1. The van der Waals surface area contributed by atoms with Crippen LogP contribution in [0.2, 0.25) is 0 Å². The summed E-state index contributed by atoms with van der Waals surface area (Å²) in [6.07, 6.45) is 19.2. The first-order chi connectivity index (χ1) is 15.2. The molecule has 1 aromatic rings. The largest absolute Gasteiger partial charge is 0.426 e. The molecule has 2 aliphatic carbocycles. The van der Waals surface area contributed by atoms with Crippen LogP contribution in [-0.2, 0) is 4.79 Å². The maximum absolute atomic E-state index is 12.5. The number of carbonyl (C=O) groups is 1. The van der Waals surface area contributed by atoms with Gasteiger partial charge in [0.2, 0.25) is 0 Å². The zero-order valence-corrected chi connectivity index (χ0v) is 19.6. The molecule has 2 nitrogen and oxygen atoms in total. The van der Waals surface area contributed by atoms with E-state index in [0.29, 0.717) is 11.7 Å². The summed E-state index contributed by atoms with van der Waals surface area (Å²) in [4.78, 5) is 12.5. The fourth-order valence-corrected chi connectivity index (χ4v) is 5.29. The minimum absolute atomic E-state index is 0.0645. The maximum atomic E-state index is 12.5. The summed E-state index contributed by atoms with van der Waals surface area (Å²) >= 11 is 0. The van der Waals surface area contributed by atoms with Crippen LogP contribution in [0.1, 0.15) is 96.5 Å². The number of carbonyl (C=O) groups excluding carboxylic acids is 1. The molecule has 3 rings (SSSR count). The van der Waals surface area contributed by atoms with Crippen LogP contribution < -0.4 is 4.74 Å². The molecule has 168 valence electrons. The van der Waals surface area contributed by atoms with Crippen LogP contribution in [0.3, 0.4) is 0 Å². The number of ether oxygens (including phenoxy) is 1. The molecular weight excluding hydrogens is 380 g/mol. The lowest BCUT2D eigenvalue weighted by Gasteiger charge is -2.26. The SMILES string of the molecule is CCCC1CCC(/C=C/C#Cc2ccc(OC(=O)C3CCC(CCC)CC3)cc2)CC1. The van der Waals surface area contributed by atoms with E-state index >= 15 is 0 Å². The molecule has 0 atom stereocenters. The standard InChI is InChI=1S/C29H40O2/c1-3-7-23-11-13-25(14-12-23)9-5-6-10-26-17-21-28(22-18-26)31-29(30)27-19-15-24(8-4-2)16-20-27/h5,9,17-18,21-25,27H,3-4,7-8,11-16,19-20H2,1-2H3/b9-5+. The zero-order valence-electron chi connectivity index (χ0n) is 19.6. The average molecular weight is 421 g/mol. The van der Waals surface area contributed by atoms with Crippen LogP contribution in [-0.4, -0.2) is 5.97 Å². The van der Waals surface area contributed by atoms with Gasteiger partial charge >= 0.3 is 5.97 Å². The van der Waals surface area contributed by atoms with Gasteiger partial charge in [-0.15, -0.1) is 0 Å². The molecular formula is C29H40O2. The number of rotatable bonds is 7. The highest BCUT2D eigenvalue weighted by atomic mass is 16.5. The quantitative estimate of drug-likeness (QED) is 0.256. The van der Waals surface area contributed by atoms with Crippen LogP contribution in [0.25, 0.3) is 0 Å². The lowest BCUT2D eigenvalue weighted by Crippen LogP contribution is -2.25. The van der Waals surface area contributed by atoms with Crippen molar-refractivity contribution in [3.05, 3.63) is 42.0 Å². The van der Waals surface area contributed by atoms with E-state index in [1.165, 1.54) is 51.4 Å². The van der Waals surface area contributed by atoms with Gasteiger partial charge in [0, 0.05) is 5.56 Å². The van der Waals surface area contributed by atoms with E-state index in [4.69, 9.17) is 4.74 Å². The van der Waals surface area contributed by atoms with Gasteiger partial charge in [0.15, 0.2) is 0 Å². The van der Waals surface area contributed by atoms with Crippen molar-refractivity contribution >= 4 is 5.97 Å². The Kier molecular flexibility index (Phi) is 9.73. The van der Waals surface area contributed by atoms with E-state index in [0.717, 1.165) is 43.1 Å². The Morgan fingerprint density at radius 1 is 0.903 bits per heavy atom. The van der Waals surface area contributed by atoms with Crippen molar-refractivity contribution in [1.82, 2.24) is 0 Å². The van der Waals surface area contributed by atoms with Crippen molar-refractivity contribution < 1.29 is 9.53 Å². The number of hydrogen-bond acceptors (Lipinski definition) is 2. The second kappa shape index (κ2) is 12.7. The molecule has 0 spiro atoms. The average Bonchev–Trinajstić information content (AvgIpc) is 2.80. The molecule has 0 bridgehead atoms. The summed E-state index contributed by atoms with van der Waals surface area (Å²) in [5, 5.41) is 0. The molecule has 2 fully saturated rings. The summed E-state index contributed by atoms with van der Waals surface area (Å²) in [7, 11) is 0. The van der Waals surface area contributed by atoms with Gasteiger partial charge in [-0.25, -0.2) is 0 Å². The van der Waals surface area contributed by atoms with Crippen LogP contribution in [0, 0.1) is 35.5 Å².